The lowest BCUT2D eigenvalue weighted by Gasteiger charge is -2.25. The molecule has 1 atom stereocenters. The zero-order chi connectivity index (χ0) is 25.0. The third kappa shape index (κ3) is 7.26. The number of hydrogen-bond donors (Lipinski definition) is 3. The average molecular weight is 483 g/mol. The second-order valence-corrected chi connectivity index (χ2v) is 8.59. The van der Waals surface area contributed by atoms with Gasteiger partial charge in [-0.2, -0.15) is 0 Å². The van der Waals surface area contributed by atoms with Crippen molar-refractivity contribution in [3.8, 4) is 5.75 Å². The van der Waals surface area contributed by atoms with Crippen molar-refractivity contribution in [2.45, 2.75) is 57.7 Å². The van der Waals surface area contributed by atoms with E-state index in [-0.39, 0.29) is 23.8 Å². The molecule has 0 fully saturated rings. The molecule has 9 nitrogen and oxygen atoms in total. The Morgan fingerprint density at radius 1 is 1.20 bits per heavy atom. The zero-order valence-electron chi connectivity index (χ0n) is 20.2. The molecule has 2 aromatic rings. The van der Waals surface area contributed by atoms with Gasteiger partial charge in [-0.15, -0.1) is 0 Å². The molecule has 9 heteroatoms. The van der Waals surface area contributed by atoms with E-state index in [4.69, 9.17) is 4.74 Å². The summed E-state index contributed by atoms with van der Waals surface area (Å²) >= 11 is 0. The van der Waals surface area contributed by atoms with E-state index >= 15 is 0 Å². The maximum Gasteiger partial charge on any atom is 0.255 e. The van der Waals surface area contributed by atoms with Crippen molar-refractivity contribution in [1.82, 2.24) is 20.5 Å². The molecule has 2 heterocycles. The van der Waals surface area contributed by atoms with Crippen LogP contribution in [0.1, 0.15) is 60.0 Å². The first-order chi connectivity index (χ1) is 17.0. The minimum Gasteiger partial charge on any atom is -0.494 e. The number of unbranched alkanes of at least 4 members (excludes halogenated alkanes) is 3. The lowest BCUT2D eigenvalue weighted by atomic mass is 10.1. The molecule has 0 radical (unpaired) electrons. The van der Waals surface area contributed by atoms with E-state index in [0.29, 0.717) is 37.4 Å². The first-order valence-corrected chi connectivity index (χ1v) is 12.1. The van der Waals surface area contributed by atoms with E-state index in [9.17, 15) is 19.2 Å². The van der Waals surface area contributed by atoms with Gasteiger partial charge in [0.2, 0.25) is 5.91 Å². The molecule has 1 aliphatic rings. The van der Waals surface area contributed by atoms with Crippen molar-refractivity contribution in [2.75, 3.05) is 20.2 Å². The summed E-state index contributed by atoms with van der Waals surface area (Å²) in [5.74, 6) is 0.238. The SMILES string of the molecule is CNC(=O)C(CCC=O)N1Cc2cc(OCCCCCCNCc3ccc[nH]c3=O)ccc2C1=O. The van der Waals surface area contributed by atoms with Gasteiger partial charge in [0.1, 0.15) is 18.1 Å². The fourth-order valence-electron chi connectivity index (χ4n) is 4.20. The number of fused-ring (bicyclic) bond motifs is 1. The van der Waals surface area contributed by atoms with Crippen LogP contribution in [0.5, 0.6) is 5.75 Å². The molecular weight excluding hydrogens is 448 g/mol. The van der Waals surface area contributed by atoms with Crippen molar-refractivity contribution in [3.63, 3.8) is 0 Å². The number of carbonyl (C=O) groups excluding carboxylic acids is 3. The van der Waals surface area contributed by atoms with Gasteiger partial charge in [-0.25, -0.2) is 0 Å². The number of nitrogens with one attached hydrogen (secondary N) is 3. The Bertz CT molecular complexity index is 1070. The lowest BCUT2D eigenvalue weighted by molar-refractivity contribution is -0.125. The summed E-state index contributed by atoms with van der Waals surface area (Å²) in [4.78, 5) is 51.7. The molecule has 1 aliphatic heterocycles. The minimum absolute atomic E-state index is 0.0510. The molecule has 3 N–H and O–H groups in total. The van der Waals surface area contributed by atoms with E-state index in [1.807, 2.05) is 18.2 Å². The van der Waals surface area contributed by atoms with Crippen LogP contribution in [-0.2, 0) is 22.7 Å². The zero-order valence-corrected chi connectivity index (χ0v) is 20.2. The Balaban J connectivity index is 1.37. The molecule has 1 unspecified atom stereocenters. The summed E-state index contributed by atoms with van der Waals surface area (Å²) in [5, 5.41) is 5.88. The fraction of sp³-hybridized carbons (Fsp3) is 0.462. The van der Waals surface area contributed by atoms with Crippen LogP contribution < -0.4 is 20.9 Å². The first kappa shape index (κ1) is 26.2. The minimum atomic E-state index is -0.669. The molecule has 0 saturated heterocycles. The second-order valence-electron chi connectivity index (χ2n) is 8.59. The third-order valence-electron chi connectivity index (χ3n) is 6.12. The molecule has 188 valence electrons. The number of hydrogen-bond acceptors (Lipinski definition) is 6. The topological polar surface area (TPSA) is 121 Å². The Morgan fingerprint density at radius 2 is 2.03 bits per heavy atom. The second kappa shape index (κ2) is 13.4. The molecule has 0 bridgehead atoms. The number of benzene rings is 1. The van der Waals surface area contributed by atoms with E-state index in [2.05, 4.69) is 15.6 Å². The Hall–Kier alpha value is -3.46. The highest BCUT2D eigenvalue weighted by Gasteiger charge is 2.35. The highest BCUT2D eigenvalue weighted by Crippen LogP contribution is 2.29. The monoisotopic (exact) mass is 482 g/mol. The quantitative estimate of drug-likeness (QED) is 0.264. The van der Waals surface area contributed by atoms with Gasteiger partial charge in [0.15, 0.2) is 0 Å². The van der Waals surface area contributed by atoms with Crippen LogP contribution in [0.2, 0.25) is 0 Å². The molecule has 2 amide bonds. The predicted octanol–water partition coefficient (Wildman–Crippen LogP) is 2.15. The van der Waals surface area contributed by atoms with Gasteiger partial charge in [0, 0.05) is 43.9 Å². The van der Waals surface area contributed by atoms with E-state index in [1.165, 1.54) is 11.9 Å². The predicted molar refractivity (Wildman–Crippen MR) is 132 cm³/mol. The van der Waals surface area contributed by atoms with Gasteiger partial charge in [-0.05, 0) is 55.6 Å². The summed E-state index contributed by atoms with van der Waals surface area (Å²) in [6, 6.07) is 8.38. The summed E-state index contributed by atoms with van der Waals surface area (Å²) in [7, 11) is 1.53. The number of amides is 2. The van der Waals surface area contributed by atoms with E-state index < -0.39 is 6.04 Å². The van der Waals surface area contributed by atoms with Crippen LogP contribution in [-0.4, -0.2) is 54.2 Å². The molecule has 0 saturated carbocycles. The summed E-state index contributed by atoms with van der Waals surface area (Å²) in [6.07, 6.45) is 6.96. The number of nitrogens with zero attached hydrogens (tertiary/aromatic N) is 1. The van der Waals surface area contributed by atoms with Crippen LogP contribution in [0.15, 0.2) is 41.3 Å². The van der Waals surface area contributed by atoms with E-state index in [1.54, 1.807) is 18.3 Å². The third-order valence-corrected chi connectivity index (χ3v) is 6.12. The summed E-state index contributed by atoms with van der Waals surface area (Å²) in [6.45, 7) is 2.33. The van der Waals surface area contributed by atoms with Gasteiger partial charge >= 0.3 is 0 Å². The van der Waals surface area contributed by atoms with E-state index in [0.717, 1.165) is 49.6 Å². The number of pyridine rings is 1. The Morgan fingerprint density at radius 3 is 2.80 bits per heavy atom. The average Bonchev–Trinajstić information content (AvgIpc) is 3.19. The maximum atomic E-state index is 12.8. The summed E-state index contributed by atoms with van der Waals surface area (Å²) < 4.78 is 5.89. The molecule has 1 aromatic carbocycles. The maximum absolute atomic E-state index is 12.8. The van der Waals surface area contributed by atoms with Crippen LogP contribution in [0.4, 0.5) is 0 Å². The van der Waals surface area contributed by atoms with Gasteiger partial charge in [-0.1, -0.05) is 18.9 Å². The lowest BCUT2D eigenvalue weighted by Crippen LogP contribution is -2.46. The summed E-state index contributed by atoms with van der Waals surface area (Å²) in [5.41, 5.74) is 2.09. The molecule has 3 rings (SSSR count). The Labute approximate surface area is 205 Å². The molecule has 35 heavy (non-hydrogen) atoms. The van der Waals surface area contributed by atoms with Crippen LogP contribution in [0, 0.1) is 0 Å². The molecule has 1 aromatic heterocycles. The number of aromatic nitrogens is 1. The smallest absolute Gasteiger partial charge is 0.255 e. The first-order valence-electron chi connectivity index (χ1n) is 12.1. The van der Waals surface area contributed by atoms with Crippen molar-refractivity contribution in [2.24, 2.45) is 0 Å². The highest BCUT2D eigenvalue weighted by molar-refractivity contribution is 6.01. The number of aromatic amines is 1. The number of H-pyrrole nitrogens is 1. The van der Waals surface area contributed by atoms with Crippen LogP contribution >= 0.6 is 0 Å². The number of aldehydes is 1. The number of likely N-dealkylation sites (N-methyl/N-ethyl adjacent to an activating group) is 1. The number of rotatable bonds is 15. The van der Waals surface area contributed by atoms with Crippen molar-refractivity contribution in [3.05, 3.63) is 63.6 Å². The number of carbonyl (C=O) groups is 3. The number of ether oxygens (including phenoxy) is 1. The normalized spacial score (nSPS) is 13.4. The highest BCUT2D eigenvalue weighted by atomic mass is 16.5. The van der Waals surface area contributed by atoms with Gasteiger partial charge < -0.3 is 30.0 Å². The fourth-order valence-corrected chi connectivity index (χ4v) is 4.20. The molecule has 0 spiro atoms. The standard InChI is InChI=1S/C26H34N4O5/c1-27-25(33)23(9-7-14-31)30-18-20-16-21(10-11-22(20)26(30)34)35-15-5-3-2-4-12-28-17-19-8-6-13-29-24(19)32/h6,8,10-11,13-14,16,23,28H,2-5,7,9,12,15,17-18H2,1H3,(H,27,33)(H,29,32). The van der Waals surface area contributed by atoms with Gasteiger partial charge in [0.05, 0.1) is 6.61 Å². The largest absolute Gasteiger partial charge is 0.494 e. The van der Waals surface area contributed by atoms with Crippen molar-refractivity contribution < 1.29 is 19.1 Å². The molecule has 0 aliphatic carbocycles. The van der Waals surface area contributed by atoms with Crippen LogP contribution in [0.25, 0.3) is 0 Å². The van der Waals surface area contributed by atoms with Crippen molar-refractivity contribution >= 4 is 18.1 Å². The Kier molecular flexibility index (Phi) is 10.0. The van der Waals surface area contributed by atoms with Gasteiger partial charge in [0.25, 0.3) is 11.5 Å². The van der Waals surface area contributed by atoms with Gasteiger partial charge in [-0.3, -0.25) is 14.4 Å². The van der Waals surface area contributed by atoms with Crippen molar-refractivity contribution in [1.29, 1.82) is 0 Å². The van der Waals surface area contributed by atoms with Crippen LogP contribution in [0.3, 0.4) is 0 Å². The molecular formula is C26H34N4O5.